The van der Waals surface area contributed by atoms with Crippen molar-refractivity contribution in [2.24, 2.45) is 4.99 Å². The summed E-state index contributed by atoms with van der Waals surface area (Å²) >= 11 is 1.63. The van der Waals surface area contributed by atoms with Crippen molar-refractivity contribution in [2.75, 3.05) is 11.4 Å². The Labute approximate surface area is 153 Å². The standard InChI is InChI=1S/C20H15FN2O2S/c1-11-6-17-15(8-16(11)21)18(24)20(25)4-5-23(19(20)22-17)14-3-2-12-9-26-10-13(12)7-14/h2-3,6-10,25H,4-5H2,1H3/t20-/m1/s1. The molecule has 1 fully saturated rings. The van der Waals surface area contributed by atoms with E-state index in [1.807, 2.05) is 23.1 Å². The number of ketones is 1. The lowest BCUT2D eigenvalue weighted by Crippen LogP contribution is -2.48. The Balaban J connectivity index is 1.67. The maximum Gasteiger partial charge on any atom is 0.204 e. The van der Waals surface area contributed by atoms with E-state index >= 15 is 0 Å². The number of aliphatic imine (C=N–C) groups is 1. The summed E-state index contributed by atoms with van der Waals surface area (Å²) < 4.78 is 13.9. The molecule has 1 atom stereocenters. The van der Waals surface area contributed by atoms with Crippen molar-refractivity contribution in [1.29, 1.82) is 0 Å². The Kier molecular flexibility index (Phi) is 3.14. The van der Waals surface area contributed by atoms with Crippen LogP contribution in [0.4, 0.5) is 15.8 Å². The molecule has 1 N–H and O–H groups in total. The first kappa shape index (κ1) is 15.7. The van der Waals surface area contributed by atoms with Crippen LogP contribution in [-0.4, -0.2) is 28.9 Å². The molecule has 0 saturated carbocycles. The average molecular weight is 366 g/mol. The van der Waals surface area contributed by atoms with Crippen LogP contribution in [0.5, 0.6) is 0 Å². The number of Topliss-reactive ketones (excluding diaryl/α,β-unsaturated/α-hetero) is 1. The lowest BCUT2D eigenvalue weighted by molar-refractivity contribution is 0.0601. The Morgan fingerprint density at radius 2 is 2.04 bits per heavy atom. The summed E-state index contributed by atoms with van der Waals surface area (Å²) in [5.41, 5.74) is 0.181. The predicted molar refractivity (Wildman–Crippen MR) is 101 cm³/mol. The molecule has 0 radical (unpaired) electrons. The maximum atomic E-state index is 13.9. The maximum absolute atomic E-state index is 13.9. The monoisotopic (exact) mass is 366 g/mol. The zero-order chi connectivity index (χ0) is 18.1. The molecule has 0 amide bonds. The number of hydrogen-bond donors (Lipinski definition) is 1. The molecule has 6 heteroatoms. The van der Waals surface area contributed by atoms with Crippen molar-refractivity contribution in [3.8, 4) is 0 Å². The summed E-state index contributed by atoms with van der Waals surface area (Å²) in [6.45, 7) is 2.12. The SMILES string of the molecule is Cc1cc2c(cc1F)C(=O)[C@]1(O)CCN(c3ccc4cscc4c3)C1=N2. The number of carbonyl (C=O) groups excluding carboxylic acids is 1. The number of nitrogens with zero attached hydrogens (tertiary/aromatic N) is 2. The molecule has 1 saturated heterocycles. The molecule has 3 aromatic rings. The van der Waals surface area contributed by atoms with E-state index in [1.165, 1.54) is 6.07 Å². The smallest absolute Gasteiger partial charge is 0.204 e. The van der Waals surface area contributed by atoms with E-state index < -0.39 is 17.2 Å². The fraction of sp³-hybridized carbons (Fsp3) is 0.200. The summed E-state index contributed by atoms with van der Waals surface area (Å²) in [6, 6.07) is 8.78. The van der Waals surface area contributed by atoms with Gasteiger partial charge in [0.1, 0.15) is 11.7 Å². The lowest BCUT2D eigenvalue weighted by Gasteiger charge is -2.30. The first-order valence-electron chi connectivity index (χ1n) is 8.37. The van der Waals surface area contributed by atoms with E-state index in [0.29, 0.717) is 23.6 Å². The number of aliphatic hydroxyl groups is 1. The Bertz CT molecular complexity index is 1120. The second-order valence-corrected chi connectivity index (χ2v) is 7.57. The highest BCUT2D eigenvalue weighted by Crippen LogP contribution is 2.40. The van der Waals surface area contributed by atoms with Gasteiger partial charge in [-0.05, 0) is 58.3 Å². The van der Waals surface area contributed by atoms with Gasteiger partial charge in [0.05, 0.1) is 5.69 Å². The number of thiophene rings is 1. The summed E-state index contributed by atoms with van der Waals surface area (Å²) in [5, 5.41) is 17.5. The van der Waals surface area contributed by atoms with E-state index in [4.69, 9.17) is 0 Å². The van der Waals surface area contributed by atoms with Crippen molar-refractivity contribution in [3.63, 3.8) is 0 Å². The summed E-state index contributed by atoms with van der Waals surface area (Å²) in [6.07, 6.45) is 0.237. The number of anilines is 1. The minimum absolute atomic E-state index is 0.148. The largest absolute Gasteiger partial charge is 0.374 e. The van der Waals surface area contributed by atoms with Gasteiger partial charge in [-0.1, -0.05) is 6.07 Å². The van der Waals surface area contributed by atoms with Crippen LogP contribution >= 0.6 is 11.3 Å². The first-order chi connectivity index (χ1) is 12.5. The van der Waals surface area contributed by atoms with Crippen molar-refractivity contribution >= 4 is 45.1 Å². The Morgan fingerprint density at radius 1 is 1.23 bits per heavy atom. The molecule has 5 rings (SSSR count). The van der Waals surface area contributed by atoms with E-state index in [9.17, 15) is 14.3 Å². The molecule has 3 heterocycles. The molecule has 26 heavy (non-hydrogen) atoms. The van der Waals surface area contributed by atoms with Gasteiger partial charge < -0.3 is 10.0 Å². The van der Waals surface area contributed by atoms with Crippen molar-refractivity contribution in [1.82, 2.24) is 0 Å². The highest BCUT2D eigenvalue weighted by molar-refractivity contribution is 7.09. The fourth-order valence-electron chi connectivity index (χ4n) is 3.73. The Morgan fingerprint density at radius 3 is 2.88 bits per heavy atom. The second kappa shape index (κ2) is 5.22. The number of halogens is 1. The van der Waals surface area contributed by atoms with E-state index in [-0.39, 0.29) is 12.0 Å². The zero-order valence-corrected chi connectivity index (χ0v) is 14.8. The third-order valence-electron chi connectivity index (χ3n) is 5.22. The van der Waals surface area contributed by atoms with Gasteiger partial charge >= 0.3 is 0 Å². The van der Waals surface area contributed by atoms with Crippen LogP contribution in [0, 0.1) is 12.7 Å². The third kappa shape index (κ3) is 2.03. The van der Waals surface area contributed by atoms with Crippen LogP contribution in [0.15, 0.2) is 46.1 Å². The number of aryl methyl sites for hydroxylation is 1. The summed E-state index contributed by atoms with van der Waals surface area (Å²) in [7, 11) is 0. The van der Waals surface area contributed by atoms with Crippen LogP contribution < -0.4 is 4.90 Å². The molecular weight excluding hydrogens is 351 g/mol. The summed E-state index contributed by atoms with van der Waals surface area (Å²) in [4.78, 5) is 19.4. The van der Waals surface area contributed by atoms with E-state index in [1.54, 1.807) is 24.3 Å². The fourth-order valence-corrected chi connectivity index (χ4v) is 4.51. The van der Waals surface area contributed by atoms with Gasteiger partial charge in [-0.3, -0.25) is 4.79 Å². The van der Waals surface area contributed by atoms with Gasteiger partial charge in [-0.25, -0.2) is 9.38 Å². The molecule has 2 aliphatic rings. The minimum Gasteiger partial charge on any atom is -0.374 e. The van der Waals surface area contributed by atoms with Crippen LogP contribution in [0.2, 0.25) is 0 Å². The van der Waals surface area contributed by atoms with Gasteiger partial charge in [-0.2, -0.15) is 11.3 Å². The summed E-state index contributed by atoms with van der Waals surface area (Å²) in [5.74, 6) is -0.608. The molecule has 1 aromatic heterocycles. The van der Waals surface area contributed by atoms with Crippen LogP contribution in [-0.2, 0) is 0 Å². The molecule has 4 nitrogen and oxygen atoms in total. The van der Waals surface area contributed by atoms with Gasteiger partial charge in [0.2, 0.25) is 5.78 Å². The molecule has 130 valence electrons. The molecule has 2 aliphatic heterocycles. The van der Waals surface area contributed by atoms with Crippen LogP contribution in [0.25, 0.3) is 10.8 Å². The van der Waals surface area contributed by atoms with Crippen molar-refractivity contribution in [3.05, 3.63) is 58.0 Å². The van der Waals surface area contributed by atoms with Crippen LogP contribution in [0.1, 0.15) is 22.3 Å². The molecule has 0 unspecified atom stereocenters. The van der Waals surface area contributed by atoms with E-state index in [2.05, 4.69) is 15.8 Å². The number of benzene rings is 2. The quantitative estimate of drug-likeness (QED) is 0.702. The zero-order valence-electron chi connectivity index (χ0n) is 14.0. The van der Waals surface area contributed by atoms with E-state index in [0.717, 1.165) is 16.5 Å². The molecular formula is C20H15FN2O2S. The first-order valence-corrected chi connectivity index (χ1v) is 9.32. The highest BCUT2D eigenvalue weighted by Gasteiger charge is 2.52. The number of hydrogen-bond acceptors (Lipinski definition) is 5. The van der Waals surface area contributed by atoms with Gasteiger partial charge in [0.15, 0.2) is 5.60 Å². The van der Waals surface area contributed by atoms with Crippen molar-refractivity contribution in [2.45, 2.75) is 18.9 Å². The molecule has 0 bridgehead atoms. The number of fused-ring (bicyclic) bond motifs is 3. The van der Waals surface area contributed by atoms with Gasteiger partial charge in [-0.15, -0.1) is 0 Å². The lowest BCUT2D eigenvalue weighted by atomic mass is 9.87. The van der Waals surface area contributed by atoms with Gasteiger partial charge in [0, 0.05) is 24.2 Å². The van der Waals surface area contributed by atoms with Crippen LogP contribution in [0.3, 0.4) is 0 Å². The highest BCUT2D eigenvalue weighted by atomic mass is 32.1. The number of rotatable bonds is 1. The Hall–Kier alpha value is -2.57. The second-order valence-electron chi connectivity index (χ2n) is 6.83. The predicted octanol–water partition coefficient (Wildman–Crippen LogP) is 4.22. The topological polar surface area (TPSA) is 52.9 Å². The number of amidine groups is 1. The minimum atomic E-state index is -1.70. The third-order valence-corrected chi connectivity index (χ3v) is 6.00. The molecule has 0 aliphatic carbocycles. The van der Waals surface area contributed by atoms with Gasteiger partial charge in [0.25, 0.3) is 0 Å². The molecule has 0 spiro atoms. The van der Waals surface area contributed by atoms with Crippen molar-refractivity contribution < 1.29 is 14.3 Å². The molecule has 2 aromatic carbocycles. The normalized spacial score (nSPS) is 21.7. The number of carbonyl (C=O) groups is 1. The average Bonchev–Trinajstić information content (AvgIpc) is 3.22.